The van der Waals surface area contributed by atoms with Gasteiger partial charge in [-0.15, -0.1) is 0 Å². The first-order valence-corrected chi connectivity index (χ1v) is 10.6. The molecule has 7 heteroatoms. The van der Waals surface area contributed by atoms with Crippen LogP contribution in [0.1, 0.15) is 37.7 Å². The maximum absolute atomic E-state index is 12.8. The van der Waals surface area contributed by atoms with Crippen molar-refractivity contribution in [1.82, 2.24) is 4.31 Å². The molecule has 0 N–H and O–H groups in total. The topological polar surface area (TPSA) is 66.9 Å². The highest BCUT2D eigenvalue weighted by Crippen LogP contribution is 2.32. The summed E-state index contributed by atoms with van der Waals surface area (Å²) in [6.07, 6.45) is 4.84. The average molecular weight is 364 g/mol. The van der Waals surface area contributed by atoms with Crippen LogP contribution < -0.4 is 4.90 Å². The van der Waals surface area contributed by atoms with E-state index in [1.54, 1.807) is 27.4 Å². The van der Waals surface area contributed by atoms with Gasteiger partial charge in [0.05, 0.1) is 4.90 Å². The van der Waals surface area contributed by atoms with Crippen LogP contribution in [0.25, 0.3) is 0 Å². The number of hydrogen-bond acceptors (Lipinski definition) is 4. The highest BCUT2D eigenvalue weighted by Gasteiger charge is 2.33. The Morgan fingerprint density at radius 3 is 2.60 bits per heavy atom. The van der Waals surface area contributed by atoms with Crippen LogP contribution in [0.3, 0.4) is 0 Å². The molecular weight excluding hydrogens is 340 g/mol. The molecule has 0 aromatic heterocycles. The second-order valence-corrected chi connectivity index (χ2v) is 8.93. The zero-order valence-electron chi connectivity index (χ0n) is 14.3. The Balaban J connectivity index is 1.63. The Bertz CT molecular complexity index is 765. The fraction of sp³-hybridized carbons (Fsp3) is 0.611. The van der Waals surface area contributed by atoms with Crippen molar-refractivity contribution in [1.29, 1.82) is 0 Å². The fourth-order valence-corrected chi connectivity index (χ4v) is 5.55. The van der Waals surface area contributed by atoms with Gasteiger partial charge >= 0.3 is 0 Å². The van der Waals surface area contributed by atoms with Gasteiger partial charge in [-0.2, -0.15) is 4.31 Å². The molecule has 1 atom stereocenters. The summed E-state index contributed by atoms with van der Waals surface area (Å²) in [4.78, 5) is 14.9. The van der Waals surface area contributed by atoms with E-state index in [1.165, 1.54) is 0 Å². The van der Waals surface area contributed by atoms with Gasteiger partial charge < -0.3 is 9.64 Å². The molecule has 0 bridgehead atoms. The molecular formula is C18H24N2O4S. The smallest absolute Gasteiger partial charge is 0.256 e. The van der Waals surface area contributed by atoms with E-state index in [2.05, 4.69) is 0 Å². The third-order valence-electron chi connectivity index (χ3n) is 5.34. The normalized spacial score (nSPS) is 24.5. The lowest BCUT2D eigenvalue weighted by Crippen LogP contribution is -2.42. The molecule has 1 aromatic carbocycles. The van der Waals surface area contributed by atoms with Crippen LogP contribution in [0.4, 0.5) is 5.69 Å². The van der Waals surface area contributed by atoms with E-state index < -0.39 is 10.0 Å². The Morgan fingerprint density at radius 2 is 1.88 bits per heavy atom. The third-order valence-corrected chi connectivity index (χ3v) is 7.24. The number of nitrogens with zero attached hydrogens (tertiary/aromatic N) is 2. The molecule has 2 saturated heterocycles. The number of aryl methyl sites for hydroxylation is 1. The number of fused-ring (bicyclic) bond motifs is 1. The largest absolute Gasteiger partial charge is 0.368 e. The summed E-state index contributed by atoms with van der Waals surface area (Å²) in [6, 6.07) is 5.20. The van der Waals surface area contributed by atoms with Gasteiger partial charge in [-0.25, -0.2) is 8.42 Å². The van der Waals surface area contributed by atoms with Crippen molar-refractivity contribution in [2.45, 2.75) is 49.5 Å². The lowest BCUT2D eigenvalue weighted by Gasteiger charge is -2.31. The highest BCUT2D eigenvalue weighted by atomic mass is 32.2. The monoisotopic (exact) mass is 364 g/mol. The molecule has 1 unspecified atom stereocenters. The van der Waals surface area contributed by atoms with Crippen LogP contribution in [0.15, 0.2) is 23.1 Å². The molecule has 136 valence electrons. The van der Waals surface area contributed by atoms with Crippen molar-refractivity contribution in [3.05, 3.63) is 23.8 Å². The first kappa shape index (κ1) is 17.0. The third kappa shape index (κ3) is 3.09. The quantitative estimate of drug-likeness (QED) is 0.822. The molecule has 25 heavy (non-hydrogen) atoms. The van der Waals surface area contributed by atoms with Crippen molar-refractivity contribution in [2.75, 3.05) is 31.1 Å². The van der Waals surface area contributed by atoms with Gasteiger partial charge in [0.25, 0.3) is 5.91 Å². The minimum absolute atomic E-state index is 0.00796. The SMILES string of the molecule is O=C(C1CCCO1)N1CCCc2cc(S(=O)(=O)N3CCCC3)ccc21. The summed E-state index contributed by atoms with van der Waals surface area (Å²) >= 11 is 0. The van der Waals surface area contributed by atoms with Gasteiger partial charge in [0.1, 0.15) is 6.10 Å². The van der Waals surface area contributed by atoms with Crippen LogP contribution in [0, 0.1) is 0 Å². The van der Waals surface area contributed by atoms with Crippen molar-refractivity contribution >= 4 is 21.6 Å². The van der Waals surface area contributed by atoms with Crippen LogP contribution in [0.2, 0.25) is 0 Å². The summed E-state index contributed by atoms with van der Waals surface area (Å²) in [6.45, 7) is 2.51. The van der Waals surface area contributed by atoms with E-state index in [0.717, 1.165) is 49.8 Å². The summed E-state index contributed by atoms with van der Waals surface area (Å²) in [5, 5.41) is 0. The van der Waals surface area contributed by atoms with E-state index in [9.17, 15) is 13.2 Å². The van der Waals surface area contributed by atoms with Gasteiger partial charge in [0.2, 0.25) is 10.0 Å². The molecule has 4 rings (SSSR count). The second kappa shape index (κ2) is 6.70. The second-order valence-electron chi connectivity index (χ2n) is 7.00. The zero-order valence-corrected chi connectivity index (χ0v) is 15.1. The van der Waals surface area contributed by atoms with Gasteiger partial charge in [0, 0.05) is 31.9 Å². The Hall–Kier alpha value is -1.44. The van der Waals surface area contributed by atoms with Gasteiger partial charge in [-0.05, 0) is 62.3 Å². The first-order valence-electron chi connectivity index (χ1n) is 9.13. The Labute approximate surface area is 148 Å². The highest BCUT2D eigenvalue weighted by molar-refractivity contribution is 7.89. The number of anilines is 1. The Kier molecular flexibility index (Phi) is 4.56. The summed E-state index contributed by atoms with van der Waals surface area (Å²) in [5.41, 5.74) is 1.78. The average Bonchev–Trinajstić information content (AvgIpc) is 3.33. The minimum Gasteiger partial charge on any atom is -0.368 e. The number of sulfonamides is 1. The lowest BCUT2D eigenvalue weighted by molar-refractivity contribution is -0.127. The fourth-order valence-electron chi connectivity index (χ4n) is 3.99. The summed E-state index contributed by atoms with van der Waals surface area (Å²) < 4.78 is 32.6. The molecule has 2 fully saturated rings. The Morgan fingerprint density at radius 1 is 1.08 bits per heavy atom. The van der Waals surface area contributed by atoms with E-state index in [1.807, 2.05) is 0 Å². The zero-order chi connectivity index (χ0) is 17.4. The number of carbonyl (C=O) groups excluding carboxylic acids is 1. The van der Waals surface area contributed by atoms with E-state index in [-0.39, 0.29) is 12.0 Å². The number of hydrogen-bond donors (Lipinski definition) is 0. The van der Waals surface area contributed by atoms with Crippen LogP contribution >= 0.6 is 0 Å². The predicted octanol–water partition coefficient (Wildman–Crippen LogP) is 1.93. The summed E-state index contributed by atoms with van der Waals surface area (Å²) in [5.74, 6) is 0.00796. The van der Waals surface area contributed by atoms with Gasteiger partial charge in [0.15, 0.2) is 0 Å². The van der Waals surface area contributed by atoms with Crippen molar-refractivity contribution < 1.29 is 17.9 Å². The molecule has 1 amide bonds. The maximum Gasteiger partial charge on any atom is 0.256 e. The molecule has 0 aliphatic carbocycles. The van der Waals surface area contributed by atoms with Crippen molar-refractivity contribution in [3.63, 3.8) is 0 Å². The van der Waals surface area contributed by atoms with E-state index >= 15 is 0 Å². The van der Waals surface area contributed by atoms with Gasteiger partial charge in [-0.1, -0.05) is 0 Å². The number of benzene rings is 1. The first-order chi connectivity index (χ1) is 12.1. The number of amides is 1. The van der Waals surface area contributed by atoms with Crippen LogP contribution in [-0.2, 0) is 26.0 Å². The molecule has 3 aliphatic heterocycles. The van der Waals surface area contributed by atoms with Crippen molar-refractivity contribution in [3.8, 4) is 0 Å². The summed E-state index contributed by atoms with van der Waals surface area (Å²) in [7, 11) is -3.42. The van der Waals surface area contributed by atoms with Gasteiger partial charge in [-0.3, -0.25) is 4.79 Å². The number of ether oxygens (including phenoxy) is 1. The molecule has 0 saturated carbocycles. The minimum atomic E-state index is -3.42. The number of carbonyl (C=O) groups is 1. The molecule has 0 radical (unpaired) electrons. The van der Waals surface area contributed by atoms with Crippen molar-refractivity contribution in [2.24, 2.45) is 0 Å². The van der Waals surface area contributed by atoms with Crippen LogP contribution in [-0.4, -0.2) is 51.0 Å². The maximum atomic E-state index is 12.8. The molecule has 3 aliphatic rings. The number of rotatable bonds is 3. The predicted molar refractivity (Wildman–Crippen MR) is 94.1 cm³/mol. The van der Waals surface area contributed by atoms with E-state index in [4.69, 9.17) is 4.74 Å². The molecule has 6 nitrogen and oxygen atoms in total. The van der Waals surface area contributed by atoms with E-state index in [0.29, 0.717) is 31.1 Å². The molecule has 3 heterocycles. The van der Waals surface area contributed by atoms with Crippen LogP contribution in [0.5, 0.6) is 0 Å². The molecule has 0 spiro atoms. The standard InChI is InChI=1S/C18H24N2O4S/c21-18(17-6-4-12-24-17)20-11-3-5-14-13-15(7-8-16(14)20)25(22,23)19-9-1-2-10-19/h7-8,13,17H,1-6,9-12H2. The molecule has 1 aromatic rings. The lowest BCUT2D eigenvalue weighted by atomic mass is 10.0.